The summed E-state index contributed by atoms with van der Waals surface area (Å²) in [7, 11) is -3.87. The summed E-state index contributed by atoms with van der Waals surface area (Å²) in [5.41, 5.74) is 1.20. The molecule has 1 aromatic carbocycles. The Morgan fingerprint density at radius 2 is 2.02 bits per heavy atom. The molecule has 2 heterocycles. The molecule has 1 aliphatic heterocycles. The third-order valence-corrected chi connectivity index (χ3v) is 10.1. The molecule has 2 aromatic rings. The Bertz CT molecular complexity index is 1400. The van der Waals surface area contributed by atoms with Gasteiger partial charge in [0, 0.05) is 30.3 Å². The predicted octanol–water partition coefficient (Wildman–Crippen LogP) is 3.64. The van der Waals surface area contributed by atoms with Crippen molar-refractivity contribution in [1.29, 1.82) is 0 Å². The van der Waals surface area contributed by atoms with E-state index in [2.05, 4.69) is 26.6 Å². The number of aliphatic hydroxyl groups is 2. The summed E-state index contributed by atoms with van der Waals surface area (Å²) < 4.78 is 25.3. The molecule has 0 saturated heterocycles. The minimum Gasteiger partial charge on any atom is -0.395 e. The predicted molar refractivity (Wildman–Crippen MR) is 158 cm³/mol. The number of nitrogens with zero attached hydrogens (tertiary/aromatic N) is 2. The third-order valence-electron chi connectivity index (χ3n) is 7.34. The average molecular weight is 605 g/mol. The van der Waals surface area contributed by atoms with Crippen LogP contribution in [0.25, 0.3) is 0 Å². The first-order valence-electron chi connectivity index (χ1n) is 13.4. The molecule has 11 nitrogen and oxygen atoms in total. The van der Waals surface area contributed by atoms with Crippen molar-refractivity contribution in [3.8, 4) is 0 Å². The van der Waals surface area contributed by atoms with Crippen LogP contribution in [0.1, 0.15) is 43.3 Å². The molecule has 0 bridgehead atoms. The van der Waals surface area contributed by atoms with E-state index in [4.69, 9.17) is 9.05 Å². The van der Waals surface area contributed by atoms with Gasteiger partial charge in [-0.3, -0.25) is 23.6 Å². The van der Waals surface area contributed by atoms with Gasteiger partial charge in [0.25, 0.3) is 5.56 Å². The number of benzene rings is 1. The topological polar surface area (TPSA) is 163 Å². The second kappa shape index (κ2) is 13.2. The van der Waals surface area contributed by atoms with E-state index in [1.165, 1.54) is 0 Å². The molecule has 1 aliphatic carbocycles. The Morgan fingerprint density at radius 1 is 1.29 bits per heavy atom. The molecule has 1 saturated carbocycles. The molecule has 1 aromatic heterocycles. The standard InChI is InChI=1S/C28H37N4O7PS/c1-17-20(21-14-29-25-24(21)31-18(2)32-26(25)35)12-23(34)22(17)15-39-40(37,30-13-19-8-6-5-7-9-19)38-10-11-41-27(36)28(3,4)16-33/h5-9,14,20-23,33-34H,1,10-13,15-16H2,2-4H3,(H,30,37)(H,31,32,35)/t20-,21?,22-,23-,40?/m0/s1. The number of hydrogen-bond donors (Lipinski definition) is 4. The van der Waals surface area contributed by atoms with E-state index in [0.717, 1.165) is 17.3 Å². The van der Waals surface area contributed by atoms with Gasteiger partial charge in [0.1, 0.15) is 11.5 Å². The number of hydrogen-bond acceptors (Lipinski definition) is 10. The van der Waals surface area contributed by atoms with E-state index in [-0.39, 0.29) is 60.3 Å². The zero-order valence-corrected chi connectivity index (χ0v) is 25.1. The van der Waals surface area contributed by atoms with E-state index in [1.54, 1.807) is 27.0 Å². The molecule has 2 unspecified atom stereocenters. The number of rotatable bonds is 13. The average Bonchev–Trinajstić information content (AvgIpc) is 3.49. The van der Waals surface area contributed by atoms with Crippen molar-refractivity contribution in [3.05, 3.63) is 69.9 Å². The Labute approximate surface area is 243 Å². The molecule has 41 heavy (non-hydrogen) atoms. The molecule has 0 radical (unpaired) electrons. The first-order chi connectivity index (χ1) is 19.4. The van der Waals surface area contributed by atoms with Crippen LogP contribution >= 0.6 is 19.5 Å². The second-order valence-electron chi connectivity index (χ2n) is 10.9. The molecule has 2 aliphatic rings. The third kappa shape index (κ3) is 7.50. The van der Waals surface area contributed by atoms with Crippen molar-refractivity contribution >= 4 is 36.5 Å². The van der Waals surface area contributed by atoms with Crippen molar-refractivity contribution in [1.82, 2.24) is 15.1 Å². The number of carbonyl (C=O) groups is 1. The quantitative estimate of drug-likeness (QED) is 0.151. The van der Waals surface area contributed by atoms with E-state index in [0.29, 0.717) is 23.5 Å². The van der Waals surface area contributed by atoms with Gasteiger partial charge in [0.2, 0.25) is 0 Å². The molecule has 222 valence electrons. The first kappa shape index (κ1) is 31.5. The number of aromatic nitrogens is 2. The number of carbonyl (C=O) groups excluding carboxylic acids is 1. The number of H-pyrrole nitrogens is 1. The lowest BCUT2D eigenvalue weighted by Crippen LogP contribution is -2.26. The summed E-state index contributed by atoms with van der Waals surface area (Å²) in [5, 5.41) is 23.0. The van der Waals surface area contributed by atoms with Crippen LogP contribution in [-0.4, -0.2) is 63.2 Å². The molecule has 13 heteroatoms. The molecular weight excluding hydrogens is 567 g/mol. The highest BCUT2D eigenvalue weighted by molar-refractivity contribution is 8.13. The summed E-state index contributed by atoms with van der Waals surface area (Å²) in [6, 6.07) is 9.35. The molecule has 0 spiro atoms. The fraction of sp³-hybridized carbons (Fsp3) is 0.500. The van der Waals surface area contributed by atoms with Crippen LogP contribution in [0.5, 0.6) is 0 Å². The highest BCUT2D eigenvalue weighted by Gasteiger charge is 2.44. The summed E-state index contributed by atoms with van der Waals surface area (Å²) >= 11 is 0.993. The Morgan fingerprint density at radius 3 is 2.73 bits per heavy atom. The fourth-order valence-electron chi connectivity index (χ4n) is 4.81. The van der Waals surface area contributed by atoms with Crippen molar-refractivity contribution in [2.24, 2.45) is 22.2 Å². The maximum Gasteiger partial charge on any atom is 0.405 e. The number of aliphatic hydroxyl groups excluding tert-OH is 2. The smallest absolute Gasteiger partial charge is 0.395 e. The van der Waals surface area contributed by atoms with Gasteiger partial charge in [0.15, 0.2) is 5.12 Å². The van der Waals surface area contributed by atoms with Crippen LogP contribution < -0.4 is 10.6 Å². The van der Waals surface area contributed by atoms with Gasteiger partial charge in [0.05, 0.1) is 37.0 Å². The van der Waals surface area contributed by atoms with Crippen LogP contribution in [0.4, 0.5) is 5.69 Å². The van der Waals surface area contributed by atoms with Crippen LogP contribution in [0.3, 0.4) is 0 Å². The minimum absolute atomic E-state index is 0.0390. The van der Waals surface area contributed by atoms with E-state index >= 15 is 0 Å². The summed E-state index contributed by atoms with van der Waals surface area (Å²) in [5.74, 6) is -0.370. The number of nitrogens with one attached hydrogen (secondary N) is 2. The maximum absolute atomic E-state index is 13.8. The van der Waals surface area contributed by atoms with Crippen LogP contribution in [0.15, 0.2) is 52.3 Å². The van der Waals surface area contributed by atoms with Gasteiger partial charge < -0.3 is 15.2 Å². The zero-order chi connectivity index (χ0) is 29.8. The normalized spacial score (nSPS) is 23.5. The lowest BCUT2D eigenvalue weighted by atomic mass is 9.86. The van der Waals surface area contributed by atoms with Crippen molar-refractivity contribution in [3.63, 3.8) is 0 Å². The van der Waals surface area contributed by atoms with Gasteiger partial charge >= 0.3 is 7.75 Å². The van der Waals surface area contributed by atoms with Crippen LogP contribution in [-0.2, 0) is 25.0 Å². The molecule has 5 atom stereocenters. The number of aromatic amines is 1. The number of aliphatic imine (C=N–C) groups is 1. The summed E-state index contributed by atoms with van der Waals surface area (Å²) in [6.45, 7) is 9.01. The van der Waals surface area contributed by atoms with Gasteiger partial charge in [-0.2, -0.15) is 0 Å². The Hall–Kier alpha value is -2.44. The molecular formula is C28H37N4O7PS. The summed E-state index contributed by atoms with van der Waals surface area (Å²) in [6.07, 6.45) is 1.22. The SMILES string of the molecule is C=C1[C@@H](C2C=Nc3c2nc(C)[nH]c3=O)C[C@H](O)[C@H]1COP(=O)(NCc1ccccc1)OCCSC(=O)C(C)(C)CO. The number of fused-ring (bicyclic) bond motifs is 1. The fourth-order valence-corrected chi connectivity index (χ4v) is 7.07. The van der Waals surface area contributed by atoms with Crippen molar-refractivity contribution in [2.75, 3.05) is 25.6 Å². The van der Waals surface area contributed by atoms with E-state index < -0.39 is 25.2 Å². The van der Waals surface area contributed by atoms with Gasteiger partial charge in [-0.25, -0.2) is 14.6 Å². The second-order valence-corrected chi connectivity index (χ2v) is 13.8. The Kier molecular flexibility index (Phi) is 10.2. The zero-order valence-electron chi connectivity index (χ0n) is 23.4. The Balaban J connectivity index is 1.41. The van der Waals surface area contributed by atoms with Gasteiger partial charge in [-0.05, 0) is 38.7 Å². The lowest BCUT2D eigenvalue weighted by molar-refractivity contribution is -0.119. The molecule has 0 amide bonds. The highest BCUT2D eigenvalue weighted by atomic mass is 32.2. The monoisotopic (exact) mass is 604 g/mol. The van der Waals surface area contributed by atoms with E-state index in [1.807, 2.05) is 30.3 Å². The maximum atomic E-state index is 13.8. The number of aryl methyl sites for hydroxylation is 1. The van der Waals surface area contributed by atoms with Crippen LogP contribution in [0, 0.1) is 24.2 Å². The lowest BCUT2D eigenvalue weighted by Gasteiger charge is -2.24. The number of thioether (sulfide) groups is 1. The van der Waals surface area contributed by atoms with E-state index in [9.17, 15) is 24.4 Å². The van der Waals surface area contributed by atoms with Crippen LogP contribution in [0.2, 0.25) is 0 Å². The molecule has 1 fully saturated rings. The highest BCUT2D eigenvalue weighted by Crippen LogP contribution is 2.50. The van der Waals surface area contributed by atoms with Crippen molar-refractivity contribution < 1.29 is 28.6 Å². The molecule has 4 N–H and O–H groups in total. The van der Waals surface area contributed by atoms with Gasteiger partial charge in [-0.1, -0.05) is 54.2 Å². The summed E-state index contributed by atoms with van der Waals surface area (Å²) in [4.78, 5) is 36.0. The minimum atomic E-state index is -3.87. The van der Waals surface area contributed by atoms with Gasteiger partial charge in [-0.15, -0.1) is 0 Å². The first-order valence-corrected chi connectivity index (χ1v) is 15.9. The largest absolute Gasteiger partial charge is 0.405 e. The van der Waals surface area contributed by atoms with Crippen molar-refractivity contribution in [2.45, 2.75) is 45.8 Å². The molecule has 4 rings (SSSR count).